The first-order valence-corrected chi connectivity index (χ1v) is 7.02. The van der Waals surface area contributed by atoms with Crippen LogP contribution in [-0.4, -0.2) is 31.5 Å². The molecule has 8 nitrogen and oxygen atoms in total. The minimum Gasteiger partial charge on any atom is -0.351 e. The Hall–Kier alpha value is -1.71. The first-order valence-electron chi connectivity index (χ1n) is 4.93. The molecule has 0 radical (unpaired) electrons. The summed E-state index contributed by atoms with van der Waals surface area (Å²) in [5.41, 5.74) is -0.663. The van der Waals surface area contributed by atoms with Gasteiger partial charge in [0.15, 0.2) is 0 Å². The summed E-state index contributed by atoms with van der Waals surface area (Å²) in [4.78, 5) is 21.7. The molecule has 0 atom stereocenters. The van der Waals surface area contributed by atoms with Crippen molar-refractivity contribution in [2.24, 2.45) is 5.14 Å². The number of amides is 1. The number of hydrogen-bond donors (Lipinski definition) is 2. The third-order valence-corrected chi connectivity index (χ3v) is 3.08. The summed E-state index contributed by atoms with van der Waals surface area (Å²) in [6.45, 7) is -0.249. The Labute approximate surface area is 113 Å². The molecule has 1 aromatic rings. The molecule has 3 N–H and O–H groups in total. The predicted octanol–water partition coefficient (Wildman–Crippen LogP) is 0.267. The predicted molar refractivity (Wildman–Crippen MR) is 68.4 cm³/mol. The average molecular weight is 308 g/mol. The molecule has 0 aliphatic heterocycles. The molecule has 10 heteroatoms. The Bertz CT molecular complexity index is 616. The molecule has 0 aromatic heterocycles. The molecule has 0 aliphatic carbocycles. The standard InChI is InChI=1S/C9H10ClN3O5S/c10-6-1-2-8(13(15)16)7(5-6)9(14)12-3-4-19(11,17)18/h1-2,5H,3-4H2,(H,12,14)(H2,11,17,18). The zero-order chi connectivity index (χ0) is 14.6. The van der Waals surface area contributed by atoms with Gasteiger partial charge in [-0.1, -0.05) is 11.6 Å². The van der Waals surface area contributed by atoms with E-state index >= 15 is 0 Å². The highest BCUT2D eigenvalue weighted by atomic mass is 35.5. The van der Waals surface area contributed by atoms with Gasteiger partial charge in [0.1, 0.15) is 5.56 Å². The fraction of sp³-hybridized carbons (Fsp3) is 0.222. The lowest BCUT2D eigenvalue weighted by Gasteiger charge is -2.05. The number of primary sulfonamides is 1. The van der Waals surface area contributed by atoms with Gasteiger partial charge in [-0.25, -0.2) is 13.6 Å². The second-order valence-electron chi connectivity index (χ2n) is 3.54. The lowest BCUT2D eigenvalue weighted by molar-refractivity contribution is -0.385. The van der Waals surface area contributed by atoms with Crippen LogP contribution in [0.3, 0.4) is 0 Å². The van der Waals surface area contributed by atoms with Crippen molar-refractivity contribution in [3.8, 4) is 0 Å². The number of benzene rings is 1. The zero-order valence-corrected chi connectivity index (χ0v) is 11.1. The molecule has 1 amide bonds. The van der Waals surface area contributed by atoms with Gasteiger partial charge in [-0.3, -0.25) is 14.9 Å². The van der Waals surface area contributed by atoms with Gasteiger partial charge in [-0.15, -0.1) is 0 Å². The van der Waals surface area contributed by atoms with Gasteiger partial charge in [0.05, 0.1) is 10.7 Å². The second kappa shape index (κ2) is 5.95. The second-order valence-corrected chi connectivity index (χ2v) is 5.71. The molecular formula is C9H10ClN3O5S. The molecule has 0 heterocycles. The number of nitrogens with zero attached hydrogens (tertiary/aromatic N) is 1. The van der Waals surface area contributed by atoms with Crippen LogP contribution >= 0.6 is 11.6 Å². The quantitative estimate of drug-likeness (QED) is 0.595. The highest BCUT2D eigenvalue weighted by Gasteiger charge is 2.20. The summed E-state index contributed by atoms with van der Waals surface area (Å²) in [5.74, 6) is -1.26. The molecule has 0 bridgehead atoms. The van der Waals surface area contributed by atoms with Gasteiger partial charge in [0.2, 0.25) is 10.0 Å². The minimum absolute atomic E-state index is 0.155. The molecule has 104 valence electrons. The number of rotatable bonds is 5. The van der Waals surface area contributed by atoms with Crippen molar-refractivity contribution in [2.45, 2.75) is 0 Å². The number of carbonyl (C=O) groups is 1. The van der Waals surface area contributed by atoms with Gasteiger partial charge in [0, 0.05) is 17.6 Å². The molecule has 0 spiro atoms. The van der Waals surface area contributed by atoms with E-state index in [0.29, 0.717) is 0 Å². The Morgan fingerprint density at radius 1 is 1.47 bits per heavy atom. The first-order chi connectivity index (χ1) is 8.70. The Morgan fingerprint density at radius 2 is 2.11 bits per heavy atom. The molecule has 0 saturated heterocycles. The molecular weight excluding hydrogens is 298 g/mol. The Kier molecular flexibility index (Phi) is 4.81. The fourth-order valence-electron chi connectivity index (χ4n) is 1.25. The van der Waals surface area contributed by atoms with Crippen LogP contribution in [0.4, 0.5) is 5.69 Å². The van der Waals surface area contributed by atoms with E-state index in [2.05, 4.69) is 5.32 Å². The molecule has 1 aromatic carbocycles. The van der Waals surface area contributed by atoms with Gasteiger partial charge in [0.25, 0.3) is 11.6 Å². The van der Waals surface area contributed by atoms with Gasteiger partial charge in [-0.2, -0.15) is 0 Å². The van der Waals surface area contributed by atoms with Crippen molar-refractivity contribution in [2.75, 3.05) is 12.3 Å². The van der Waals surface area contributed by atoms with Gasteiger partial charge < -0.3 is 5.32 Å². The third-order valence-electron chi connectivity index (χ3n) is 2.07. The van der Waals surface area contributed by atoms with E-state index in [4.69, 9.17) is 16.7 Å². The monoisotopic (exact) mass is 307 g/mol. The number of halogens is 1. The maximum absolute atomic E-state index is 11.7. The number of nitro groups is 1. The lowest BCUT2D eigenvalue weighted by Crippen LogP contribution is -2.31. The van der Waals surface area contributed by atoms with E-state index in [0.717, 1.165) is 12.1 Å². The third kappa shape index (κ3) is 4.81. The van der Waals surface area contributed by atoms with Crippen LogP contribution in [-0.2, 0) is 10.0 Å². The molecule has 19 heavy (non-hydrogen) atoms. The van der Waals surface area contributed by atoms with Crippen LogP contribution < -0.4 is 10.5 Å². The normalized spacial score (nSPS) is 11.1. The van der Waals surface area contributed by atoms with Crippen molar-refractivity contribution in [3.63, 3.8) is 0 Å². The maximum atomic E-state index is 11.7. The van der Waals surface area contributed by atoms with E-state index in [-0.39, 0.29) is 17.1 Å². The molecule has 0 aliphatic rings. The topological polar surface area (TPSA) is 132 Å². The van der Waals surface area contributed by atoms with E-state index in [9.17, 15) is 23.3 Å². The molecule has 0 fully saturated rings. The SMILES string of the molecule is NS(=O)(=O)CCNC(=O)c1cc(Cl)ccc1[N+](=O)[O-]. The summed E-state index contributed by atoms with van der Waals surface area (Å²) < 4.78 is 21.4. The van der Waals surface area contributed by atoms with Gasteiger partial charge >= 0.3 is 0 Å². The smallest absolute Gasteiger partial charge is 0.282 e. The first kappa shape index (κ1) is 15.3. The van der Waals surface area contributed by atoms with E-state index in [1.54, 1.807) is 0 Å². The highest BCUT2D eigenvalue weighted by molar-refractivity contribution is 7.89. The van der Waals surface area contributed by atoms with Crippen LogP contribution in [0, 0.1) is 10.1 Å². The van der Waals surface area contributed by atoms with Crippen molar-refractivity contribution in [3.05, 3.63) is 38.9 Å². The maximum Gasteiger partial charge on any atom is 0.282 e. The highest BCUT2D eigenvalue weighted by Crippen LogP contribution is 2.22. The number of nitrogens with one attached hydrogen (secondary N) is 1. The minimum atomic E-state index is -3.71. The number of hydrogen-bond acceptors (Lipinski definition) is 5. The van der Waals surface area contributed by atoms with Crippen molar-refractivity contribution in [1.82, 2.24) is 5.32 Å². The van der Waals surface area contributed by atoms with Gasteiger partial charge in [-0.05, 0) is 12.1 Å². The van der Waals surface area contributed by atoms with E-state index in [1.807, 2.05) is 0 Å². The molecule has 0 unspecified atom stereocenters. The summed E-state index contributed by atoms with van der Waals surface area (Å²) in [6, 6.07) is 3.50. The lowest BCUT2D eigenvalue weighted by atomic mass is 10.1. The summed E-state index contributed by atoms with van der Waals surface area (Å²) in [6.07, 6.45) is 0. The molecule has 0 saturated carbocycles. The number of carbonyl (C=O) groups excluding carboxylic acids is 1. The van der Waals surface area contributed by atoms with Crippen LogP contribution in [0.15, 0.2) is 18.2 Å². The number of nitro benzene ring substituents is 1. The van der Waals surface area contributed by atoms with E-state index < -0.39 is 32.3 Å². The summed E-state index contributed by atoms with van der Waals surface area (Å²) in [7, 11) is -3.71. The van der Waals surface area contributed by atoms with Crippen LogP contribution in [0.25, 0.3) is 0 Å². The van der Waals surface area contributed by atoms with Crippen molar-refractivity contribution in [1.29, 1.82) is 0 Å². The van der Waals surface area contributed by atoms with Crippen molar-refractivity contribution < 1.29 is 18.1 Å². The number of sulfonamides is 1. The Balaban J connectivity index is 2.87. The van der Waals surface area contributed by atoms with Crippen LogP contribution in [0.2, 0.25) is 5.02 Å². The fourth-order valence-corrected chi connectivity index (χ4v) is 1.81. The largest absolute Gasteiger partial charge is 0.351 e. The number of nitrogens with two attached hydrogens (primary N) is 1. The van der Waals surface area contributed by atoms with Crippen LogP contribution in [0.5, 0.6) is 0 Å². The van der Waals surface area contributed by atoms with Crippen molar-refractivity contribution >= 4 is 33.2 Å². The average Bonchev–Trinajstić information content (AvgIpc) is 2.26. The zero-order valence-electron chi connectivity index (χ0n) is 9.50. The summed E-state index contributed by atoms with van der Waals surface area (Å²) >= 11 is 5.65. The Morgan fingerprint density at radius 3 is 2.63 bits per heavy atom. The molecule has 1 rings (SSSR count). The van der Waals surface area contributed by atoms with E-state index in [1.165, 1.54) is 6.07 Å². The summed E-state index contributed by atoms with van der Waals surface area (Å²) in [5, 5.41) is 17.9. The van der Waals surface area contributed by atoms with Crippen LogP contribution in [0.1, 0.15) is 10.4 Å².